The molecule has 0 radical (unpaired) electrons. The van der Waals surface area contributed by atoms with E-state index in [1.807, 2.05) is 31.1 Å². The van der Waals surface area contributed by atoms with Gasteiger partial charge in [0.25, 0.3) is 0 Å². The second-order valence-corrected chi connectivity index (χ2v) is 7.20. The Kier molecular flexibility index (Phi) is 3.83. The lowest BCUT2D eigenvalue weighted by molar-refractivity contribution is -0.133. The molecule has 1 saturated carbocycles. The molecule has 2 aromatic heterocycles. The van der Waals surface area contributed by atoms with Crippen LogP contribution in [-0.4, -0.2) is 32.1 Å². The maximum Gasteiger partial charge on any atom is 0.226 e. The summed E-state index contributed by atoms with van der Waals surface area (Å²) in [6, 6.07) is 4.06. The molecule has 5 nitrogen and oxygen atoms in total. The average Bonchev–Trinajstić information content (AvgIpc) is 3.18. The molecule has 0 spiro atoms. The molecule has 24 heavy (non-hydrogen) atoms. The van der Waals surface area contributed by atoms with E-state index in [1.165, 1.54) is 5.56 Å². The van der Waals surface area contributed by atoms with E-state index in [2.05, 4.69) is 16.1 Å². The van der Waals surface area contributed by atoms with Gasteiger partial charge in [-0.1, -0.05) is 17.7 Å². The van der Waals surface area contributed by atoms with E-state index in [0.29, 0.717) is 11.1 Å². The van der Waals surface area contributed by atoms with E-state index in [4.69, 9.17) is 11.6 Å². The van der Waals surface area contributed by atoms with Crippen molar-refractivity contribution in [2.45, 2.75) is 38.1 Å². The Labute approximate surface area is 146 Å². The highest BCUT2D eigenvalue weighted by Gasteiger charge is 2.48. The van der Waals surface area contributed by atoms with Gasteiger partial charge in [0.1, 0.15) is 5.15 Å². The summed E-state index contributed by atoms with van der Waals surface area (Å²) in [5.41, 5.74) is 3.11. The van der Waals surface area contributed by atoms with Crippen LogP contribution in [0.2, 0.25) is 5.15 Å². The third kappa shape index (κ3) is 2.51. The van der Waals surface area contributed by atoms with Crippen LogP contribution in [0.5, 0.6) is 0 Å². The number of hydrogen-bond acceptors (Lipinski definition) is 3. The van der Waals surface area contributed by atoms with Crippen LogP contribution in [0.3, 0.4) is 0 Å². The van der Waals surface area contributed by atoms with E-state index in [-0.39, 0.29) is 17.9 Å². The summed E-state index contributed by atoms with van der Waals surface area (Å²) in [4.78, 5) is 19.2. The van der Waals surface area contributed by atoms with Crippen molar-refractivity contribution in [2.75, 3.05) is 6.54 Å². The molecule has 0 N–H and O–H groups in total. The lowest BCUT2D eigenvalue weighted by atomic mass is 10.0. The highest BCUT2D eigenvalue weighted by molar-refractivity contribution is 6.30. The van der Waals surface area contributed by atoms with E-state index in [9.17, 15) is 4.79 Å². The topological polar surface area (TPSA) is 51.0 Å². The molecule has 0 aromatic carbocycles. The predicted molar refractivity (Wildman–Crippen MR) is 91.7 cm³/mol. The van der Waals surface area contributed by atoms with E-state index in [0.717, 1.165) is 37.1 Å². The van der Waals surface area contributed by atoms with Gasteiger partial charge in [0.05, 0.1) is 11.7 Å². The van der Waals surface area contributed by atoms with Gasteiger partial charge >= 0.3 is 0 Å². The smallest absolute Gasteiger partial charge is 0.226 e. The third-order valence-corrected chi connectivity index (χ3v) is 5.73. The Bertz CT molecular complexity index is 773. The van der Waals surface area contributed by atoms with Gasteiger partial charge in [0.2, 0.25) is 5.91 Å². The molecule has 0 bridgehead atoms. The van der Waals surface area contributed by atoms with E-state index < -0.39 is 0 Å². The van der Waals surface area contributed by atoms with Gasteiger partial charge < -0.3 is 4.90 Å². The number of carbonyl (C=O) groups is 1. The lowest BCUT2D eigenvalue weighted by Crippen LogP contribution is -2.32. The van der Waals surface area contributed by atoms with Crippen LogP contribution in [0, 0.1) is 12.8 Å². The number of carbonyl (C=O) groups excluding carboxylic acids is 1. The third-order valence-electron chi connectivity index (χ3n) is 5.29. The van der Waals surface area contributed by atoms with Crippen molar-refractivity contribution >= 4 is 17.5 Å². The highest BCUT2D eigenvalue weighted by atomic mass is 35.5. The van der Waals surface area contributed by atoms with Crippen LogP contribution in [0.1, 0.15) is 48.0 Å². The van der Waals surface area contributed by atoms with Gasteiger partial charge in [-0.25, -0.2) is 0 Å². The zero-order chi connectivity index (χ0) is 16.8. The van der Waals surface area contributed by atoms with Gasteiger partial charge in [-0.3, -0.25) is 14.5 Å². The van der Waals surface area contributed by atoms with Gasteiger partial charge in [0.15, 0.2) is 0 Å². The molecule has 2 fully saturated rings. The molecule has 1 aliphatic heterocycles. The maximum atomic E-state index is 13.0. The number of hydrogen-bond donors (Lipinski definition) is 0. The number of aryl methyl sites for hydroxylation is 2. The molecule has 3 atom stereocenters. The number of likely N-dealkylation sites (tertiary alicyclic amines) is 1. The fraction of sp³-hybridized carbons (Fsp3) is 0.500. The fourth-order valence-corrected chi connectivity index (χ4v) is 4.30. The van der Waals surface area contributed by atoms with E-state index in [1.54, 1.807) is 10.9 Å². The largest absolute Gasteiger partial charge is 0.335 e. The van der Waals surface area contributed by atoms with Gasteiger partial charge in [-0.05, 0) is 43.7 Å². The van der Waals surface area contributed by atoms with Crippen LogP contribution < -0.4 is 0 Å². The van der Waals surface area contributed by atoms with Crippen molar-refractivity contribution in [1.82, 2.24) is 19.7 Å². The number of aromatic nitrogens is 3. The van der Waals surface area contributed by atoms with Crippen LogP contribution >= 0.6 is 11.6 Å². The average molecular weight is 345 g/mol. The Morgan fingerprint density at radius 1 is 1.42 bits per heavy atom. The highest BCUT2D eigenvalue weighted by Crippen LogP contribution is 2.50. The maximum absolute atomic E-state index is 13.0. The van der Waals surface area contributed by atoms with Crippen molar-refractivity contribution in [3.63, 3.8) is 0 Å². The van der Waals surface area contributed by atoms with Crippen LogP contribution in [-0.2, 0) is 11.8 Å². The van der Waals surface area contributed by atoms with Crippen LogP contribution in [0.15, 0.2) is 24.5 Å². The second kappa shape index (κ2) is 5.88. The second-order valence-electron chi connectivity index (χ2n) is 6.84. The van der Waals surface area contributed by atoms with Crippen molar-refractivity contribution in [3.8, 4) is 0 Å². The fourth-order valence-electron chi connectivity index (χ4n) is 4.00. The van der Waals surface area contributed by atoms with Crippen molar-refractivity contribution < 1.29 is 4.79 Å². The Morgan fingerprint density at radius 2 is 2.25 bits per heavy atom. The van der Waals surface area contributed by atoms with Crippen LogP contribution in [0.25, 0.3) is 0 Å². The summed E-state index contributed by atoms with van der Waals surface area (Å²) in [6.07, 6.45) is 6.55. The zero-order valence-electron chi connectivity index (χ0n) is 13.9. The SMILES string of the molecule is Cc1nn(C)c(Cl)c1[C@@H]1CCCN1C(=O)[C@H]1C[C@@H]1c1cccnc1. The van der Waals surface area contributed by atoms with Gasteiger partial charge in [-0.15, -0.1) is 0 Å². The minimum atomic E-state index is 0.0637. The molecule has 6 heteroatoms. The van der Waals surface area contributed by atoms with Crippen LogP contribution in [0.4, 0.5) is 0 Å². The molecule has 0 unspecified atom stereocenters. The standard InChI is InChI=1S/C18H21ClN4O/c1-11-16(17(19)22(2)21-11)15-6-4-8-23(15)18(24)14-9-13(14)12-5-3-7-20-10-12/h3,5,7,10,13-15H,4,6,8-9H2,1-2H3/t13-,14+,15+/m1/s1. The summed E-state index contributed by atoms with van der Waals surface area (Å²) >= 11 is 6.44. The Hall–Kier alpha value is -1.88. The molecular formula is C18H21ClN4O. The first-order valence-electron chi connectivity index (χ1n) is 8.47. The molecule has 3 heterocycles. The number of pyridine rings is 1. The molecule has 126 valence electrons. The molecule has 2 aromatic rings. The summed E-state index contributed by atoms with van der Waals surface area (Å²) < 4.78 is 1.70. The minimum absolute atomic E-state index is 0.0637. The van der Waals surface area contributed by atoms with Crippen molar-refractivity contribution in [2.24, 2.45) is 13.0 Å². The molecule has 1 saturated heterocycles. The first-order chi connectivity index (χ1) is 11.6. The zero-order valence-corrected chi connectivity index (χ0v) is 14.7. The number of amides is 1. The summed E-state index contributed by atoms with van der Waals surface area (Å²) in [5.74, 6) is 0.661. The van der Waals surface area contributed by atoms with Crippen molar-refractivity contribution in [1.29, 1.82) is 0 Å². The van der Waals surface area contributed by atoms with Gasteiger partial charge in [-0.2, -0.15) is 5.10 Å². The monoisotopic (exact) mass is 344 g/mol. The number of rotatable bonds is 3. The predicted octanol–water partition coefficient (Wildman–Crippen LogP) is 3.24. The molecule has 4 rings (SSSR count). The van der Waals surface area contributed by atoms with Crippen molar-refractivity contribution in [3.05, 3.63) is 46.5 Å². The molecule has 1 aliphatic carbocycles. The summed E-state index contributed by atoms with van der Waals surface area (Å²) in [6.45, 7) is 2.78. The summed E-state index contributed by atoms with van der Waals surface area (Å²) in [7, 11) is 1.85. The Morgan fingerprint density at radius 3 is 2.92 bits per heavy atom. The first-order valence-corrected chi connectivity index (χ1v) is 8.85. The molecule has 2 aliphatic rings. The summed E-state index contributed by atoms with van der Waals surface area (Å²) in [5, 5.41) is 5.06. The van der Waals surface area contributed by atoms with E-state index >= 15 is 0 Å². The first kappa shape index (κ1) is 15.6. The molecular weight excluding hydrogens is 324 g/mol. The molecule has 1 amide bonds. The minimum Gasteiger partial charge on any atom is -0.335 e. The lowest BCUT2D eigenvalue weighted by Gasteiger charge is -2.25. The number of halogens is 1. The van der Waals surface area contributed by atoms with Gasteiger partial charge in [0, 0.05) is 37.5 Å². The number of nitrogens with zero attached hydrogens (tertiary/aromatic N) is 4. The normalized spacial score (nSPS) is 26.0. The Balaban J connectivity index is 1.55. The quantitative estimate of drug-likeness (QED) is 0.858.